The van der Waals surface area contributed by atoms with Gasteiger partial charge in [-0.25, -0.2) is 9.59 Å². The zero-order valence-corrected chi connectivity index (χ0v) is 12.9. The van der Waals surface area contributed by atoms with E-state index in [1.54, 1.807) is 24.3 Å². The molecule has 0 spiro atoms. The molecular formula is C14H17NO5S. The van der Waals surface area contributed by atoms with Crippen LogP contribution in [-0.4, -0.2) is 43.9 Å². The fourth-order valence-electron chi connectivity index (χ4n) is 1.60. The number of amides is 1. The Kier molecular flexibility index (Phi) is 6.74. The number of methoxy groups -OCH3 is 2. The summed E-state index contributed by atoms with van der Waals surface area (Å²) in [5, 5.41) is 2.51. The summed E-state index contributed by atoms with van der Waals surface area (Å²) in [5.74, 6) is -1.06. The molecule has 0 aliphatic heterocycles. The van der Waals surface area contributed by atoms with E-state index in [1.807, 2.05) is 0 Å². The molecule has 0 fully saturated rings. The van der Waals surface area contributed by atoms with Crippen LogP contribution in [0.25, 0.3) is 0 Å². The molecule has 0 radical (unpaired) electrons. The van der Waals surface area contributed by atoms with Crippen LogP contribution in [0.5, 0.6) is 0 Å². The summed E-state index contributed by atoms with van der Waals surface area (Å²) in [7, 11) is 2.56. The number of carbonyl (C=O) groups excluding carboxylic acids is 3. The Labute approximate surface area is 127 Å². The molecule has 1 N–H and O–H groups in total. The highest BCUT2D eigenvalue weighted by Gasteiger charge is 2.21. The van der Waals surface area contributed by atoms with Crippen LogP contribution in [0.4, 0.5) is 0 Å². The summed E-state index contributed by atoms with van der Waals surface area (Å²) >= 11 is 1.27. The molecule has 1 aromatic carbocycles. The third-order valence-corrected chi connectivity index (χ3v) is 3.73. The first-order chi connectivity index (χ1) is 9.99. The number of nitrogens with one attached hydrogen (secondary N) is 1. The van der Waals surface area contributed by atoms with E-state index < -0.39 is 18.0 Å². The number of benzene rings is 1. The lowest BCUT2D eigenvalue weighted by Crippen LogP contribution is -2.42. The van der Waals surface area contributed by atoms with Gasteiger partial charge in [-0.2, -0.15) is 0 Å². The maximum Gasteiger partial charge on any atom is 0.338 e. The van der Waals surface area contributed by atoms with Gasteiger partial charge in [-0.3, -0.25) is 4.79 Å². The topological polar surface area (TPSA) is 81.7 Å². The number of rotatable bonds is 6. The van der Waals surface area contributed by atoms with Gasteiger partial charge in [0.2, 0.25) is 5.91 Å². The van der Waals surface area contributed by atoms with Gasteiger partial charge in [0, 0.05) is 17.6 Å². The SMILES string of the molecule is COC(=O)c1ccccc1SC[C@H](NC(C)=O)C(=O)OC. The molecule has 0 saturated carbocycles. The van der Waals surface area contributed by atoms with Gasteiger partial charge in [-0.15, -0.1) is 11.8 Å². The molecule has 0 aliphatic rings. The van der Waals surface area contributed by atoms with E-state index in [1.165, 1.54) is 32.9 Å². The minimum absolute atomic E-state index is 0.250. The van der Waals surface area contributed by atoms with E-state index in [9.17, 15) is 14.4 Å². The summed E-state index contributed by atoms with van der Waals surface area (Å²) < 4.78 is 9.35. The second kappa shape index (κ2) is 8.31. The number of hydrogen-bond acceptors (Lipinski definition) is 6. The quantitative estimate of drug-likeness (QED) is 0.629. The number of carbonyl (C=O) groups is 3. The Morgan fingerprint density at radius 1 is 1.19 bits per heavy atom. The van der Waals surface area contributed by atoms with Crippen molar-refractivity contribution in [2.75, 3.05) is 20.0 Å². The summed E-state index contributed by atoms with van der Waals surface area (Å²) in [6, 6.07) is 6.12. The molecular weight excluding hydrogens is 294 g/mol. The van der Waals surface area contributed by atoms with Crippen molar-refractivity contribution in [3.8, 4) is 0 Å². The van der Waals surface area contributed by atoms with Gasteiger partial charge in [0.15, 0.2) is 0 Å². The van der Waals surface area contributed by atoms with Crippen molar-refractivity contribution >= 4 is 29.6 Å². The Balaban J connectivity index is 2.82. The van der Waals surface area contributed by atoms with Crippen molar-refractivity contribution in [1.29, 1.82) is 0 Å². The largest absolute Gasteiger partial charge is 0.467 e. The maximum absolute atomic E-state index is 11.6. The van der Waals surface area contributed by atoms with Crippen LogP contribution in [0.15, 0.2) is 29.2 Å². The van der Waals surface area contributed by atoms with Gasteiger partial charge in [-0.1, -0.05) is 12.1 Å². The number of esters is 2. The minimum atomic E-state index is -0.775. The zero-order valence-electron chi connectivity index (χ0n) is 12.0. The van der Waals surface area contributed by atoms with Gasteiger partial charge in [0.1, 0.15) is 6.04 Å². The molecule has 0 saturated heterocycles. The highest BCUT2D eigenvalue weighted by molar-refractivity contribution is 7.99. The van der Waals surface area contributed by atoms with Crippen LogP contribution in [0.2, 0.25) is 0 Å². The van der Waals surface area contributed by atoms with Gasteiger partial charge >= 0.3 is 11.9 Å². The predicted octanol–water partition coefficient (Wildman–Crippen LogP) is 1.24. The van der Waals surface area contributed by atoms with E-state index in [0.29, 0.717) is 10.5 Å². The Morgan fingerprint density at radius 3 is 2.43 bits per heavy atom. The van der Waals surface area contributed by atoms with Crippen LogP contribution in [0.1, 0.15) is 17.3 Å². The smallest absolute Gasteiger partial charge is 0.338 e. The molecule has 114 valence electrons. The highest BCUT2D eigenvalue weighted by Crippen LogP contribution is 2.24. The van der Waals surface area contributed by atoms with Gasteiger partial charge in [0.25, 0.3) is 0 Å². The minimum Gasteiger partial charge on any atom is -0.467 e. The van der Waals surface area contributed by atoms with Crippen molar-refractivity contribution in [1.82, 2.24) is 5.32 Å². The summed E-state index contributed by atoms with van der Waals surface area (Å²) in [6.07, 6.45) is 0. The van der Waals surface area contributed by atoms with Gasteiger partial charge < -0.3 is 14.8 Å². The van der Waals surface area contributed by atoms with E-state index in [0.717, 1.165) is 0 Å². The number of hydrogen-bond donors (Lipinski definition) is 1. The average Bonchev–Trinajstić information content (AvgIpc) is 2.49. The van der Waals surface area contributed by atoms with Gasteiger partial charge in [0.05, 0.1) is 19.8 Å². The molecule has 0 aliphatic carbocycles. The first kappa shape index (κ1) is 17.0. The Morgan fingerprint density at radius 2 is 1.86 bits per heavy atom. The lowest BCUT2D eigenvalue weighted by atomic mass is 10.2. The summed E-state index contributed by atoms with van der Waals surface area (Å²) in [6.45, 7) is 1.32. The highest BCUT2D eigenvalue weighted by atomic mass is 32.2. The normalized spacial score (nSPS) is 11.4. The van der Waals surface area contributed by atoms with Crippen LogP contribution in [-0.2, 0) is 19.1 Å². The summed E-state index contributed by atoms with van der Waals surface area (Å²) in [5.41, 5.74) is 0.413. The molecule has 0 heterocycles. The molecule has 0 aromatic heterocycles. The van der Waals surface area contributed by atoms with Crippen molar-refractivity contribution in [2.45, 2.75) is 17.9 Å². The van der Waals surface area contributed by atoms with Crippen molar-refractivity contribution in [2.24, 2.45) is 0 Å². The molecule has 21 heavy (non-hydrogen) atoms. The third kappa shape index (κ3) is 5.11. The Hall–Kier alpha value is -2.02. The monoisotopic (exact) mass is 311 g/mol. The van der Waals surface area contributed by atoms with E-state index in [4.69, 9.17) is 4.74 Å². The molecule has 6 nitrogen and oxygen atoms in total. The van der Waals surface area contributed by atoms with Crippen molar-refractivity contribution in [3.05, 3.63) is 29.8 Å². The molecule has 0 unspecified atom stereocenters. The molecule has 7 heteroatoms. The fourth-order valence-corrected chi connectivity index (χ4v) is 2.65. The van der Waals surface area contributed by atoms with Crippen LogP contribution in [0.3, 0.4) is 0 Å². The molecule has 1 aromatic rings. The predicted molar refractivity (Wildman–Crippen MR) is 78.1 cm³/mol. The first-order valence-electron chi connectivity index (χ1n) is 6.14. The van der Waals surface area contributed by atoms with E-state index >= 15 is 0 Å². The standard InChI is InChI=1S/C14H17NO5S/c1-9(16)15-11(14(18)20-3)8-21-12-7-5-4-6-10(12)13(17)19-2/h4-7,11H,8H2,1-3H3,(H,15,16)/t11-/m0/s1. The molecule has 1 amide bonds. The second-order valence-electron chi connectivity index (χ2n) is 4.08. The van der Waals surface area contributed by atoms with Crippen molar-refractivity contribution in [3.63, 3.8) is 0 Å². The van der Waals surface area contributed by atoms with Crippen LogP contribution >= 0.6 is 11.8 Å². The second-order valence-corrected chi connectivity index (χ2v) is 5.14. The lowest BCUT2D eigenvalue weighted by Gasteiger charge is -2.15. The number of thioether (sulfide) groups is 1. The Bertz CT molecular complexity index is 532. The maximum atomic E-state index is 11.6. The van der Waals surface area contributed by atoms with Gasteiger partial charge in [-0.05, 0) is 12.1 Å². The van der Waals surface area contributed by atoms with E-state index in [2.05, 4.69) is 10.1 Å². The van der Waals surface area contributed by atoms with Crippen LogP contribution < -0.4 is 5.32 Å². The first-order valence-corrected chi connectivity index (χ1v) is 7.13. The number of ether oxygens (including phenoxy) is 2. The lowest BCUT2D eigenvalue weighted by molar-refractivity contribution is -0.144. The van der Waals surface area contributed by atoms with E-state index in [-0.39, 0.29) is 11.7 Å². The fraction of sp³-hybridized carbons (Fsp3) is 0.357. The average molecular weight is 311 g/mol. The van der Waals surface area contributed by atoms with Crippen molar-refractivity contribution < 1.29 is 23.9 Å². The summed E-state index contributed by atoms with van der Waals surface area (Å²) in [4.78, 5) is 35.0. The third-order valence-electron chi connectivity index (χ3n) is 2.56. The molecule has 1 rings (SSSR count). The molecule has 1 atom stereocenters. The zero-order chi connectivity index (χ0) is 15.8. The molecule has 0 bridgehead atoms. The van der Waals surface area contributed by atoms with Crippen LogP contribution in [0, 0.1) is 0 Å².